The quantitative estimate of drug-likeness (QED) is 0.212. The molecule has 0 heterocycles. The lowest BCUT2D eigenvalue weighted by Gasteiger charge is -2.15. The van der Waals surface area contributed by atoms with Crippen LogP contribution in [0.5, 0.6) is 5.75 Å². The number of nitrogen functional groups attached to an aromatic ring is 1. The van der Waals surface area contributed by atoms with Crippen LogP contribution in [0, 0.1) is 23.9 Å². The van der Waals surface area contributed by atoms with E-state index in [1.54, 1.807) is 36.4 Å². The Bertz CT molecular complexity index is 1700. The van der Waals surface area contributed by atoms with Crippen molar-refractivity contribution in [3.8, 4) is 5.75 Å². The Morgan fingerprint density at radius 1 is 0.886 bits per heavy atom. The highest BCUT2D eigenvalue weighted by atomic mass is 19.4. The molecule has 0 saturated carbocycles. The molecule has 0 radical (unpaired) electrons. The van der Waals surface area contributed by atoms with Gasteiger partial charge in [0.25, 0.3) is 5.91 Å². The Hall–Kier alpha value is -5.05. The number of anilines is 2. The minimum absolute atomic E-state index is 0.00626. The number of ether oxygens (including phenoxy) is 1. The summed E-state index contributed by atoms with van der Waals surface area (Å²) in [5.41, 5.74) is 4.55. The summed E-state index contributed by atoms with van der Waals surface area (Å²) in [5, 5.41) is 2.52. The Morgan fingerprint density at radius 3 is 2.16 bits per heavy atom. The van der Waals surface area contributed by atoms with Crippen LogP contribution in [0.15, 0.2) is 66.7 Å². The fourth-order valence-electron chi connectivity index (χ4n) is 4.88. The van der Waals surface area contributed by atoms with Crippen molar-refractivity contribution in [1.29, 1.82) is 0 Å². The standard InChI is InChI=1S/C32H21F7N2O3/c33-24-5-8-28(27(40)15-24)41-30(43)19-3-1-17(2-4-19)16-44-25-6-7-26-20(13-25)12-21(29(26)42)9-18-10-22(31(34,35)36)14-23(11-18)32(37,38)39/h1-4,6-7,10-11,13-15,21H,9,12,16,40H2,(H,41,43). The average Bonchev–Trinajstić information content (AvgIpc) is 3.26. The molecule has 0 spiro atoms. The average molecular weight is 615 g/mol. The van der Waals surface area contributed by atoms with Gasteiger partial charge in [-0.25, -0.2) is 0 Å². The van der Waals surface area contributed by atoms with Crippen molar-refractivity contribution >= 4 is 23.1 Å². The van der Waals surface area contributed by atoms with Crippen LogP contribution in [-0.2, 0) is 31.8 Å². The van der Waals surface area contributed by atoms with Crippen molar-refractivity contribution in [2.75, 3.05) is 11.1 Å². The molecule has 0 aliphatic heterocycles. The van der Waals surface area contributed by atoms with Gasteiger partial charge in [-0.3, -0.25) is 9.59 Å². The van der Waals surface area contributed by atoms with E-state index in [1.807, 2.05) is 0 Å². The van der Waals surface area contributed by atoms with Gasteiger partial charge in [0.15, 0.2) is 11.6 Å². The second-order valence-corrected chi connectivity index (χ2v) is 10.2. The number of carbonyl (C=O) groups excluding carboxylic acids is 2. The van der Waals surface area contributed by atoms with Gasteiger partial charge in [-0.05, 0) is 90.2 Å². The van der Waals surface area contributed by atoms with E-state index in [2.05, 4.69) is 17.4 Å². The first kappa shape index (κ1) is 30.4. The number of ketones is 1. The molecule has 1 unspecified atom stereocenters. The Balaban J connectivity index is 1.22. The maximum atomic E-state index is 13.3. The minimum Gasteiger partial charge on any atom is -0.489 e. The summed E-state index contributed by atoms with van der Waals surface area (Å²) < 4.78 is 98.5. The number of fused-ring (bicyclic) bond motifs is 1. The van der Waals surface area contributed by atoms with Crippen molar-refractivity contribution < 1.29 is 45.1 Å². The van der Waals surface area contributed by atoms with Crippen LogP contribution in [0.25, 0.3) is 0 Å². The number of benzene rings is 3. The van der Waals surface area contributed by atoms with E-state index >= 15 is 0 Å². The van der Waals surface area contributed by atoms with Gasteiger partial charge in [0.05, 0.1) is 16.8 Å². The van der Waals surface area contributed by atoms with Gasteiger partial charge in [0, 0.05) is 23.1 Å². The van der Waals surface area contributed by atoms with E-state index < -0.39 is 41.1 Å². The normalized spacial score (nSPS) is 14.6. The maximum Gasteiger partial charge on any atom is 0.416 e. The Labute approximate surface area is 246 Å². The first-order valence-electron chi connectivity index (χ1n) is 13.0. The van der Waals surface area contributed by atoms with Crippen molar-refractivity contribution in [1.82, 2.24) is 0 Å². The fourth-order valence-corrected chi connectivity index (χ4v) is 4.88. The zero-order chi connectivity index (χ0) is 31.8. The van der Waals surface area contributed by atoms with Crippen LogP contribution >= 0.6 is 0 Å². The summed E-state index contributed by atoms with van der Waals surface area (Å²) >= 11 is 0. The zero-order valence-corrected chi connectivity index (χ0v) is 22.5. The number of halogens is 7. The van der Waals surface area contributed by atoms with Crippen molar-refractivity contribution in [2.45, 2.75) is 31.8 Å². The zero-order valence-electron chi connectivity index (χ0n) is 22.5. The first-order valence-corrected chi connectivity index (χ1v) is 13.0. The molecular weight excluding hydrogens is 593 g/mol. The largest absolute Gasteiger partial charge is 0.489 e. The van der Waals surface area contributed by atoms with E-state index in [0.29, 0.717) is 34.6 Å². The summed E-state index contributed by atoms with van der Waals surface area (Å²) in [4.78, 5) is 25.4. The lowest BCUT2D eigenvalue weighted by molar-refractivity contribution is -0.143. The Kier molecular flexibility index (Phi) is 7.99. The number of hydrogen-bond acceptors (Lipinski definition) is 4. The van der Waals surface area contributed by atoms with E-state index in [1.165, 1.54) is 6.07 Å². The number of rotatable bonds is 7. The predicted molar refractivity (Wildman–Crippen MR) is 145 cm³/mol. The molecule has 12 heteroatoms. The fraction of sp³-hybridized carbons (Fsp3) is 0.188. The number of nitrogens with two attached hydrogens (primary N) is 1. The van der Waals surface area contributed by atoms with Crippen LogP contribution in [0.3, 0.4) is 0 Å². The molecule has 1 aliphatic rings. The SMILES string of the molecule is Nc1cc(F)c#cc1NC(=O)c1ccc(COc2ccc3c(c2)CC(Cc2cc(C(F)(F)F)cc(C(F)(F)F)c2)C3=O)cc1. The summed E-state index contributed by atoms with van der Waals surface area (Å²) in [5.74, 6) is -2.01. The van der Waals surface area contributed by atoms with E-state index in [4.69, 9.17) is 10.5 Å². The molecule has 5 nitrogen and oxygen atoms in total. The molecule has 1 aliphatic carbocycles. The third-order valence-corrected chi connectivity index (χ3v) is 7.05. The van der Waals surface area contributed by atoms with Crippen LogP contribution in [0.2, 0.25) is 0 Å². The van der Waals surface area contributed by atoms with Gasteiger partial charge in [0.1, 0.15) is 18.0 Å². The van der Waals surface area contributed by atoms with E-state index in [0.717, 1.165) is 6.07 Å². The number of hydrogen-bond donors (Lipinski definition) is 2. The molecule has 44 heavy (non-hydrogen) atoms. The monoisotopic (exact) mass is 614 g/mol. The molecule has 0 fully saturated rings. The minimum atomic E-state index is -4.98. The van der Waals surface area contributed by atoms with Gasteiger partial charge < -0.3 is 15.8 Å². The smallest absolute Gasteiger partial charge is 0.416 e. The summed E-state index contributed by atoms with van der Waals surface area (Å²) in [6.07, 6.45) is -10.1. The molecule has 0 saturated heterocycles. The lowest BCUT2D eigenvalue weighted by atomic mass is 9.93. The highest BCUT2D eigenvalue weighted by Gasteiger charge is 2.38. The number of nitrogens with one attached hydrogen (secondary N) is 1. The highest BCUT2D eigenvalue weighted by Crippen LogP contribution is 2.38. The molecule has 1 atom stereocenters. The molecular formula is C32H21F7N2O3. The van der Waals surface area contributed by atoms with E-state index in [9.17, 15) is 40.3 Å². The summed E-state index contributed by atoms with van der Waals surface area (Å²) in [6.45, 7) is 0.0934. The third-order valence-electron chi connectivity index (χ3n) is 7.05. The molecule has 3 N–H and O–H groups in total. The third kappa shape index (κ3) is 6.78. The van der Waals surface area contributed by atoms with E-state index in [-0.39, 0.29) is 53.8 Å². The van der Waals surface area contributed by atoms with Gasteiger partial charge in [-0.15, -0.1) is 0 Å². The van der Waals surface area contributed by atoms with Crippen molar-refractivity contribution in [2.24, 2.45) is 5.92 Å². The van der Waals surface area contributed by atoms with Crippen LogP contribution in [0.1, 0.15) is 48.5 Å². The molecule has 1 amide bonds. The first-order chi connectivity index (χ1) is 20.7. The molecule has 4 aromatic rings. The second kappa shape index (κ2) is 11.6. The Morgan fingerprint density at radius 2 is 1.55 bits per heavy atom. The molecule has 226 valence electrons. The maximum absolute atomic E-state index is 13.3. The summed E-state index contributed by atoms with van der Waals surface area (Å²) in [6, 6.07) is 18.0. The number of carbonyl (C=O) groups is 2. The lowest BCUT2D eigenvalue weighted by Crippen LogP contribution is -2.15. The van der Waals surface area contributed by atoms with Crippen LogP contribution < -0.4 is 15.8 Å². The molecule has 0 aromatic heterocycles. The van der Waals surface area contributed by atoms with Gasteiger partial charge in [-0.2, -0.15) is 30.7 Å². The van der Waals surface area contributed by atoms with Gasteiger partial charge in [-0.1, -0.05) is 12.1 Å². The topological polar surface area (TPSA) is 81.4 Å². The van der Waals surface area contributed by atoms with Crippen LogP contribution in [-0.4, -0.2) is 11.7 Å². The number of Topliss-reactive ketones (excluding diaryl/α,β-unsaturated/α-hetero) is 1. The molecule has 4 aromatic carbocycles. The van der Waals surface area contributed by atoms with Crippen molar-refractivity contribution in [3.05, 3.63) is 124 Å². The predicted octanol–water partition coefficient (Wildman–Crippen LogP) is 7.47. The molecule has 0 bridgehead atoms. The van der Waals surface area contributed by atoms with Crippen molar-refractivity contribution in [3.63, 3.8) is 0 Å². The van der Waals surface area contributed by atoms with Gasteiger partial charge >= 0.3 is 12.4 Å². The molecule has 5 rings (SSSR count). The number of alkyl halides is 6. The summed E-state index contributed by atoms with van der Waals surface area (Å²) in [7, 11) is 0. The number of amides is 1. The second-order valence-electron chi connectivity index (χ2n) is 10.2. The highest BCUT2D eigenvalue weighted by molar-refractivity contribution is 6.05. The van der Waals surface area contributed by atoms with Crippen LogP contribution in [0.4, 0.5) is 42.1 Å². The van der Waals surface area contributed by atoms with Gasteiger partial charge in [0.2, 0.25) is 0 Å².